The summed E-state index contributed by atoms with van der Waals surface area (Å²) in [6, 6.07) is 9.82. The zero-order chi connectivity index (χ0) is 15.9. The van der Waals surface area contributed by atoms with E-state index < -0.39 is 0 Å². The Hall–Kier alpha value is -2.32. The average molecular weight is 299 g/mol. The number of hydrogen-bond acceptors (Lipinski definition) is 4. The second-order valence-corrected chi connectivity index (χ2v) is 5.49. The first-order valence-electron chi connectivity index (χ1n) is 7.45. The van der Waals surface area contributed by atoms with Gasteiger partial charge in [-0.15, -0.1) is 0 Å². The number of nitrogens with one attached hydrogen (secondary N) is 1. The molecular formula is C17H21N3O2. The number of carbonyl (C=O) groups excluding carboxylic acids is 1. The maximum absolute atomic E-state index is 11.9. The molecule has 1 fully saturated rings. The minimum absolute atomic E-state index is 0.00736. The maximum atomic E-state index is 11.9. The molecule has 0 bridgehead atoms. The number of nitriles is 1. The normalized spacial score (nSPS) is 15.5. The third kappa shape index (κ3) is 4.34. The minimum atomic E-state index is -0.338. The van der Waals surface area contributed by atoms with Crippen LogP contribution in [0, 0.1) is 11.3 Å². The Balaban J connectivity index is 2.10. The van der Waals surface area contributed by atoms with Crippen LogP contribution in [0.5, 0.6) is 0 Å². The van der Waals surface area contributed by atoms with Crippen molar-refractivity contribution in [2.45, 2.75) is 19.9 Å². The number of amides is 1. The van der Waals surface area contributed by atoms with Crippen molar-refractivity contribution in [2.24, 2.45) is 0 Å². The van der Waals surface area contributed by atoms with Gasteiger partial charge in [0, 0.05) is 24.8 Å². The van der Waals surface area contributed by atoms with Gasteiger partial charge in [0.05, 0.1) is 13.2 Å². The fourth-order valence-corrected chi connectivity index (χ4v) is 2.26. The van der Waals surface area contributed by atoms with Gasteiger partial charge in [-0.2, -0.15) is 5.26 Å². The maximum Gasteiger partial charge on any atom is 0.262 e. The Morgan fingerprint density at radius 2 is 1.95 bits per heavy atom. The van der Waals surface area contributed by atoms with Crippen molar-refractivity contribution in [3.63, 3.8) is 0 Å². The molecule has 5 nitrogen and oxygen atoms in total. The van der Waals surface area contributed by atoms with Crippen LogP contribution in [0.2, 0.25) is 0 Å². The molecule has 116 valence electrons. The van der Waals surface area contributed by atoms with Gasteiger partial charge in [-0.1, -0.05) is 12.1 Å². The predicted octanol–water partition coefficient (Wildman–Crippen LogP) is 1.95. The van der Waals surface area contributed by atoms with E-state index in [1.807, 2.05) is 44.2 Å². The van der Waals surface area contributed by atoms with Crippen LogP contribution in [0.25, 0.3) is 6.08 Å². The third-order valence-electron chi connectivity index (χ3n) is 3.37. The van der Waals surface area contributed by atoms with Gasteiger partial charge in [0.15, 0.2) is 0 Å². The molecule has 1 heterocycles. The molecule has 1 N–H and O–H groups in total. The van der Waals surface area contributed by atoms with Crippen molar-refractivity contribution in [2.75, 3.05) is 31.2 Å². The summed E-state index contributed by atoms with van der Waals surface area (Å²) < 4.78 is 5.34. The minimum Gasteiger partial charge on any atom is -0.378 e. The number of benzene rings is 1. The fourth-order valence-electron chi connectivity index (χ4n) is 2.26. The third-order valence-corrected chi connectivity index (χ3v) is 3.37. The second kappa shape index (κ2) is 7.62. The van der Waals surface area contributed by atoms with Crippen molar-refractivity contribution in [3.05, 3.63) is 35.4 Å². The summed E-state index contributed by atoms with van der Waals surface area (Å²) in [6.45, 7) is 6.99. The Morgan fingerprint density at radius 3 is 2.50 bits per heavy atom. The summed E-state index contributed by atoms with van der Waals surface area (Å²) in [7, 11) is 0. The lowest BCUT2D eigenvalue weighted by Gasteiger charge is -2.28. The molecule has 0 unspecified atom stereocenters. The van der Waals surface area contributed by atoms with Crippen molar-refractivity contribution in [1.29, 1.82) is 5.26 Å². The number of ether oxygens (including phenoxy) is 1. The number of rotatable bonds is 4. The molecule has 0 saturated carbocycles. The lowest BCUT2D eigenvalue weighted by molar-refractivity contribution is -0.117. The number of nitrogens with zero attached hydrogens (tertiary/aromatic N) is 2. The highest BCUT2D eigenvalue weighted by Crippen LogP contribution is 2.18. The molecule has 2 rings (SSSR count). The molecule has 0 aromatic heterocycles. The molecule has 1 aliphatic rings. The number of carbonyl (C=O) groups is 1. The van der Waals surface area contributed by atoms with E-state index in [1.165, 1.54) is 0 Å². The van der Waals surface area contributed by atoms with Gasteiger partial charge in [0.2, 0.25) is 0 Å². The SMILES string of the molecule is CC(C)NC(=O)/C(C#N)=C\c1ccc(N2CCOCC2)cc1. The molecule has 0 spiro atoms. The Labute approximate surface area is 131 Å². The monoisotopic (exact) mass is 299 g/mol. The Bertz CT molecular complexity index is 579. The van der Waals surface area contributed by atoms with Gasteiger partial charge in [0.25, 0.3) is 5.91 Å². The molecule has 1 aromatic rings. The van der Waals surface area contributed by atoms with Crippen molar-refractivity contribution in [1.82, 2.24) is 5.32 Å². The van der Waals surface area contributed by atoms with Crippen molar-refractivity contribution >= 4 is 17.7 Å². The van der Waals surface area contributed by atoms with Gasteiger partial charge < -0.3 is 15.0 Å². The van der Waals surface area contributed by atoms with Gasteiger partial charge in [-0.05, 0) is 37.6 Å². The van der Waals surface area contributed by atoms with Gasteiger partial charge in [0.1, 0.15) is 11.6 Å². The molecular weight excluding hydrogens is 278 g/mol. The summed E-state index contributed by atoms with van der Waals surface area (Å²) >= 11 is 0. The first kappa shape index (κ1) is 16.1. The van der Waals surface area contributed by atoms with Crippen LogP contribution in [-0.2, 0) is 9.53 Å². The quantitative estimate of drug-likeness (QED) is 0.682. The highest BCUT2D eigenvalue weighted by atomic mass is 16.5. The number of anilines is 1. The van der Waals surface area contributed by atoms with Gasteiger partial charge in [-0.3, -0.25) is 4.79 Å². The first-order valence-corrected chi connectivity index (χ1v) is 7.45. The van der Waals surface area contributed by atoms with E-state index in [2.05, 4.69) is 10.2 Å². The summed E-state index contributed by atoms with van der Waals surface area (Å²) in [5, 5.41) is 11.9. The van der Waals surface area contributed by atoms with Crippen LogP contribution in [0.1, 0.15) is 19.4 Å². The van der Waals surface area contributed by atoms with E-state index in [-0.39, 0.29) is 17.5 Å². The van der Waals surface area contributed by atoms with E-state index in [0.717, 1.165) is 37.6 Å². The largest absolute Gasteiger partial charge is 0.378 e. The van der Waals surface area contributed by atoms with Crippen molar-refractivity contribution in [3.8, 4) is 6.07 Å². The van der Waals surface area contributed by atoms with Crippen LogP contribution in [0.3, 0.4) is 0 Å². The highest BCUT2D eigenvalue weighted by Gasteiger charge is 2.12. The molecule has 0 radical (unpaired) electrons. The lowest BCUT2D eigenvalue weighted by Crippen LogP contribution is -2.36. The predicted molar refractivity (Wildman–Crippen MR) is 86.3 cm³/mol. The Kier molecular flexibility index (Phi) is 5.56. The lowest BCUT2D eigenvalue weighted by atomic mass is 10.1. The molecule has 0 atom stereocenters. The van der Waals surface area contributed by atoms with E-state index in [4.69, 9.17) is 10.00 Å². The van der Waals surface area contributed by atoms with Crippen LogP contribution in [-0.4, -0.2) is 38.3 Å². The van der Waals surface area contributed by atoms with E-state index >= 15 is 0 Å². The molecule has 0 aliphatic carbocycles. The zero-order valence-electron chi connectivity index (χ0n) is 13.0. The molecule has 1 aromatic carbocycles. The standard InChI is InChI=1S/C17H21N3O2/c1-13(2)19-17(21)15(12-18)11-14-3-5-16(6-4-14)20-7-9-22-10-8-20/h3-6,11,13H,7-10H2,1-2H3,(H,19,21)/b15-11-. The van der Waals surface area contributed by atoms with Crippen molar-refractivity contribution < 1.29 is 9.53 Å². The zero-order valence-corrected chi connectivity index (χ0v) is 13.0. The molecule has 1 amide bonds. The molecule has 1 aliphatic heterocycles. The van der Waals surface area contributed by atoms with Crippen LogP contribution in [0.4, 0.5) is 5.69 Å². The number of morpholine rings is 1. The molecule has 5 heteroatoms. The molecule has 22 heavy (non-hydrogen) atoms. The Morgan fingerprint density at radius 1 is 1.32 bits per heavy atom. The van der Waals surface area contributed by atoms with Crippen LogP contribution in [0.15, 0.2) is 29.8 Å². The summed E-state index contributed by atoms with van der Waals surface area (Å²) in [4.78, 5) is 14.1. The topological polar surface area (TPSA) is 65.4 Å². The summed E-state index contributed by atoms with van der Waals surface area (Å²) in [5.74, 6) is -0.338. The summed E-state index contributed by atoms with van der Waals surface area (Å²) in [5.41, 5.74) is 2.09. The van der Waals surface area contributed by atoms with E-state index in [0.29, 0.717) is 0 Å². The van der Waals surface area contributed by atoms with Crippen LogP contribution >= 0.6 is 0 Å². The highest BCUT2D eigenvalue weighted by molar-refractivity contribution is 6.01. The fraction of sp³-hybridized carbons (Fsp3) is 0.412. The van der Waals surface area contributed by atoms with Gasteiger partial charge in [-0.25, -0.2) is 0 Å². The van der Waals surface area contributed by atoms with Gasteiger partial charge >= 0.3 is 0 Å². The van der Waals surface area contributed by atoms with E-state index in [1.54, 1.807) is 6.08 Å². The summed E-state index contributed by atoms with van der Waals surface area (Å²) in [6.07, 6.45) is 1.61. The molecule has 1 saturated heterocycles. The second-order valence-electron chi connectivity index (χ2n) is 5.49. The number of hydrogen-bond donors (Lipinski definition) is 1. The van der Waals surface area contributed by atoms with Crippen LogP contribution < -0.4 is 10.2 Å². The van der Waals surface area contributed by atoms with E-state index in [9.17, 15) is 4.79 Å². The average Bonchev–Trinajstić information content (AvgIpc) is 2.53. The first-order chi connectivity index (χ1) is 10.6. The smallest absolute Gasteiger partial charge is 0.262 e.